The van der Waals surface area contributed by atoms with Crippen molar-refractivity contribution in [2.45, 2.75) is 82.8 Å². The largest absolute Gasteiger partial charge is 0.458 e. The molecule has 0 heterocycles. The Morgan fingerprint density at radius 1 is 1.09 bits per heavy atom. The van der Waals surface area contributed by atoms with Gasteiger partial charge in [0.25, 0.3) is 0 Å². The van der Waals surface area contributed by atoms with Gasteiger partial charge in [-0.3, -0.25) is 19.2 Å². The van der Waals surface area contributed by atoms with E-state index in [1.807, 2.05) is 6.92 Å². The number of halogens is 2. The highest BCUT2D eigenvalue weighted by atomic mass is 79.9. The summed E-state index contributed by atoms with van der Waals surface area (Å²) in [5.41, 5.74) is -1.91. The number of esters is 2. The van der Waals surface area contributed by atoms with Crippen LogP contribution in [0.5, 0.6) is 0 Å². The SMILES string of the molecule is CC(=O)OCC(=O)[C@]1(OC(C)=O)CC[C@H]2[C@@H]3[C@H](Br)[C@@H](F)C4=CC(=O)CC[C@]4(C)[C@H]3CC[C@@]21C. The molecular weight excluding hydrogens is 495 g/mol. The van der Waals surface area contributed by atoms with Gasteiger partial charge in [0.2, 0.25) is 5.78 Å². The molecule has 0 aromatic carbocycles. The molecular formula is C25H32BrFO6. The molecule has 0 spiro atoms. The van der Waals surface area contributed by atoms with Crippen molar-refractivity contribution in [2.24, 2.45) is 28.6 Å². The van der Waals surface area contributed by atoms with Gasteiger partial charge in [0.1, 0.15) is 6.17 Å². The fraction of sp³-hybridized carbons (Fsp3) is 0.760. The molecule has 8 atom stereocenters. The Labute approximate surface area is 202 Å². The Morgan fingerprint density at radius 2 is 1.76 bits per heavy atom. The average molecular weight is 527 g/mol. The number of hydrogen-bond donors (Lipinski definition) is 0. The summed E-state index contributed by atoms with van der Waals surface area (Å²) in [4.78, 5) is 48.5. The minimum absolute atomic E-state index is 0.0188. The van der Waals surface area contributed by atoms with Crippen LogP contribution in [0.1, 0.15) is 66.2 Å². The van der Waals surface area contributed by atoms with Crippen molar-refractivity contribution >= 4 is 39.4 Å². The first-order valence-electron chi connectivity index (χ1n) is 11.8. The van der Waals surface area contributed by atoms with Crippen molar-refractivity contribution in [3.8, 4) is 0 Å². The van der Waals surface area contributed by atoms with Gasteiger partial charge in [-0.05, 0) is 66.9 Å². The molecule has 3 saturated carbocycles. The molecule has 0 N–H and O–H groups in total. The van der Waals surface area contributed by atoms with Crippen LogP contribution in [0.2, 0.25) is 0 Å². The Morgan fingerprint density at radius 3 is 2.39 bits per heavy atom. The van der Waals surface area contributed by atoms with E-state index in [0.717, 1.165) is 6.42 Å². The number of allylic oxidation sites excluding steroid dienone is 1. The van der Waals surface area contributed by atoms with E-state index in [2.05, 4.69) is 22.9 Å². The molecule has 4 aliphatic carbocycles. The summed E-state index contributed by atoms with van der Waals surface area (Å²) >= 11 is 3.65. The van der Waals surface area contributed by atoms with Crippen LogP contribution in [0.4, 0.5) is 4.39 Å². The fourth-order valence-corrected chi connectivity index (χ4v) is 8.71. The van der Waals surface area contributed by atoms with E-state index in [4.69, 9.17) is 9.47 Å². The maximum absolute atomic E-state index is 15.8. The van der Waals surface area contributed by atoms with Gasteiger partial charge in [-0.25, -0.2) is 4.39 Å². The maximum Gasteiger partial charge on any atom is 0.303 e. The van der Waals surface area contributed by atoms with Crippen LogP contribution in [-0.2, 0) is 28.7 Å². The van der Waals surface area contributed by atoms with E-state index in [0.29, 0.717) is 37.7 Å². The Bertz CT molecular complexity index is 932. The highest BCUT2D eigenvalue weighted by molar-refractivity contribution is 9.09. The van der Waals surface area contributed by atoms with Crippen molar-refractivity contribution in [3.05, 3.63) is 11.6 Å². The average Bonchev–Trinajstić information content (AvgIpc) is 3.04. The monoisotopic (exact) mass is 526 g/mol. The van der Waals surface area contributed by atoms with Crippen LogP contribution in [-0.4, -0.2) is 46.7 Å². The van der Waals surface area contributed by atoms with Crippen molar-refractivity contribution in [1.82, 2.24) is 0 Å². The summed E-state index contributed by atoms with van der Waals surface area (Å²) in [6, 6.07) is 0. The lowest BCUT2D eigenvalue weighted by molar-refractivity contribution is -0.191. The van der Waals surface area contributed by atoms with Crippen LogP contribution in [0.25, 0.3) is 0 Å². The van der Waals surface area contributed by atoms with E-state index in [1.54, 1.807) is 0 Å². The molecule has 3 fully saturated rings. The lowest BCUT2D eigenvalue weighted by Gasteiger charge is -2.61. The highest BCUT2D eigenvalue weighted by Crippen LogP contribution is 2.69. The Kier molecular flexibility index (Phi) is 6.16. The fourth-order valence-electron chi connectivity index (χ4n) is 7.69. The van der Waals surface area contributed by atoms with Gasteiger partial charge in [-0.15, -0.1) is 0 Å². The molecule has 4 aliphatic rings. The van der Waals surface area contributed by atoms with Crippen LogP contribution in [0.15, 0.2) is 11.6 Å². The summed E-state index contributed by atoms with van der Waals surface area (Å²) in [6.45, 7) is 6.12. The molecule has 0 aromatic heterocycles. The molecule has 6 nitrogen and oxygen atoms in total. The molecule has 0 aromatic rings. The number of alkyl halides is 2. The number of hydrogen-bond acceptors (Lipinski definition) is 6. The number of ketones is 2. The molecule has 0 amide bonds. The van der Waals surface area contributed by atoms with Gasteiger partial charge in [-0.1, -0.05) is 29.8 Å². The summed E-state index contributed by atoms with van der Waals surface area (Å²) in [6.07, 6.45) is 3.58. The van der Waals surface area contributed by atoms with Gasteiger partial charge < -0.3 is 9.47 Å². The number of Topliss-reactive ketones (excluding diaryl/α,β-unsaturated/α-hetero) is 1. The summed E-state index contributed by atoms with van der Waals surface area (Å²) in [5.74, 6) is -1.54. The number of carbonyl (C=O) groups excluding carboxylic acids is 4. The predicted octanol–water partition coefficient (Wildman–Crippen LogP) is 4.27. The third kappa shape index (κ3) is 3.53. The van der Waals surface area contributed by atoms with Crippen molar-refractivity contribution in [1.29, 1.82) is 0 Å². The second kappa shape index (κ2) is 8.28. The first-order valence-corrected chi connectivity index (χ1v) is 12.7. The van der Waals surface area contributed by atoms with Gasteiger partial charge in [0.05, 0.1) is 4.83 Å². The van der Waals surface area contributed by atoms with Crippen molar-refractivity contribution in [2.75, 3.05) is 6.61 Å². The van der Waals surface area contributed by atoms with Crippen LogP contribution in [0, 0.1) is 28.6 Å². The van der Waals surface area contributed by atoms with Crippen molar-refractivity contribution in [3.63, 3.8) is 0 Å². The summed E-state index contributed by atoms with van der Waals surface area (Å²) in [5, 5.41) is 0. The van der Waals surface area contributed by atoms with E-state index < -0.39 is 51.8 Å². The minimum Gasteiger partial charge on any atom is -0.458 e. The lowest BCUT2D eigenvalue weighted by atomic mass is 9.46. The third-order valence-corrected chi connectivity index (χ3v) is 10.3. The molecule has 0 saturated heterocycles. The number of fused-ring (bicyclic) bond motifs is 5. The van der Waals surface area contributed by atoms with E-state index in [1.165, 1.54) is 19.9 Å². The molecule has 0 unspecified atom stereocenters. The molecule has 0 aliphatic heterocycles. The van der Waals surface area contributed by atoms with E-state index in [-0.39, 0.29) is 23.5 Å². The lowest BCUT2D eigenvalue weighted by Crippen LogP contribution is -2.62. The van der Waals surface area contributed by atoms with Gasteiger partial charge in [0, 0.05) is 25.7 Å². The van der Waals surface area contributed by atoms with Crippen LogP contribution >= 0.6 is 15.9 Å². The van der Waals surface area contributed by atoms with Gasteiger partial charge in [-0.2, -0.15) is 0 Å². The first-order chi connectivity index (χ1) is 15.4. The molecule has 33 heavy (non-hydrogen) atoms. The highest BCUT2D eigenvalue weighted by Gasteiger charge is 2.70. The minimum atomic E-state index is -1.40. The normalized spacial score (nSPS) is 44.1. The molecule has 8 heteroatoms. The van der Waals surface area contributed by atoms with Gasteiger partial charge >= 0.3 is 11.9 Å². The smallest absolute Gasteiger partial charge is 0.303 e. The zero-order chi connectivity index (χ0) is 24.3. The number of carbonyl (C=O) groups is 4. The second-order valence-corrected chi connectivity index (χ2v) is 11.8. The molecule has 4 rings (SSSR count). The standard InChI is InChI=1S/C25H32BrFO6/c1-13(28)32-12-19(31)25(33-14(2)29)10-7-17-20-16(6-9-24(17,25)4)23(3)8-5-15(30)11-18(23)22(27)21(20)26/h11,16-17,20-22H,5-10,12H2,1-4H3/t16-,17-,20+,21-,22-,23+,24-,25+/m0/s1. The van der Waals surface area contributed by atoms with Crippen LogP contribution in [0.3, 0.4) is 0 Å². The molecule has 0 bridgehead atoms. The van der Waals surface area contributed by atoms with E-state index >= 15 is 4.39 Å². The predicted molar refractivity (Wildman–Crippen MR) is 121 cm³/mol. The quantitative estimate of drug-likeness (QED) is 0.401. The number of ether oxygens (including phenoxy) is 2. The van der Waals surface area contributed by atoms with Gasteiger partial charge in [0.15, 0.2) is 18.0 Å². The second-order valence-electron chi connectivity index (χ2n) is 10.7. The topological polar surface area (TPSA) is 86.7 Å². The van der Waals surface area contributed by atoms with E-state index in [9.17, 15) is 19.2 Å². The Balaban J connectivity index is 1.74. The summed E-state index contributed by atoms with van der Waals surface area (Å²) < 4.78 is 26.6. The number of rotatable bonds is 4. The zero-order valence-electron chi connectivity index (χ0n) is 19.6. The maximum atomic E-state index is 15.8. The first kappa shape index (κ1) is 24.6. The van der Waals surface area contributed by atoms with Crippen molar-refractivity contribution < 1.29 is 33.0 Å². The molecule has 0 radical (unpaired) electrons. The zero-order valence-corrected chi connectivity index (χ0v) is 21.2. The Hall–Kier alpha value is -1.57. The molecule has 182 valence electrons. The summed E-state index contributed by atoms with van der Waals surface area (Å²) in [7, 11) is 0. The van der Waals surface area contributed by atoms with Crippen LogP contribution < -0.4 is 0 Å². The third-order valence-electron chi connectivity index (χ3n) is 9.26.